The Morgan fingerprint density at radius 2 is 2.05 bits per heavy atom. The van der Waals surface area contributed by atoms with Crippen LogP contribution in [-0.2, 0) is 5.54 Å². The third-order valence-corrected chi connectivity index (χ3v) is 4.45. The van der Waals surface area contributed by atoms with E-state index >= 15 is 0 Å². The van der Waals surface area contributed by atoms with Gasteiger partial charge < -0.3 is 10.3 Å². The Morgan fingerprint density at radius 1 is 1.33 bits per heavy atom. The molecule has 0 bridgehead atoms. The molecule has 3 rings (SSSR count). The van der Waals surface area contributed by atoms with Gasteiger partial charge in [0.25, 0.3) is 0 Å². The van der Waals surface area contributed by atoms with E-state index in [1.54, 1.807) is 19.1 Å². The Morgan fingerprint density at radius 3 is 2.71 bits per heavy atom. The Hall–Kier alpha value is -1.75. The average molecular weight is 289 g/mol. The fourth-order valence-electron chi connectivity index (χ4n) is 2.77. The normalized spacial score (nSPS) is 26.0. The summed E-state index contributed by atoms with van der Waals surface area (Å²) >= 11 is 0. The van der Waals surface area contributed by atoms with Gasteiger partial charge in [-0.15, -0.1) is 0 Å². The van der Waals surface area contributed by atoms with Crippen LogP contribution >= 0.6 is 0 Å². The van der Waals surface area contributed by atoms with Crippen molar-refractivity contribution in [2.45, 2.75) is 45.1 Å². The largest absolute Gasteiger partial charge is 0.337 e. The molecule has 0 atom stereocenters. The van der Waals surface area contributed by atoms with E-state index in [0.717, 1.165) is 25.7 Å². The van der Waals surface area contributed by atoms with Gasteiger partial charge in [0, 0.05) is 5.56 Å². The molecule has 0 aliphatic heterocycles. The van der Waals surface area contributed by atoms with Crippen molar-refractivity contribution in [3.8, 4) is 11.4 Å². The van der Waals surface area contributed by atoms with E-state index in [1.807, 2.05) is 0 Å². The van der Waals surface area contributed by atoms with Crippen LogP contribution in [0.5, 0.6) is 0 Å². The average Bonchev–Trinajstić information content (AvgIpc) is 2.96. The lowest BCUT2D eigenvalue weighted by molar-refractivity contribution is 0.190. The van der Waals surface area contributed by atoms with E-state index in [1.165, 1.54) is 6.07 Å². The van der Waals surface area contributed by atoms with Crippen LogP contribution in [0.25, 0.3) is 11.4 Å². The minimum atomic E-state index is -0.541. The highest BCUT2D eigenvalue weighted by atomic mass is 19.1. The summed E-state index contributed by atoms with van der Waals surface area (Å²) < 4.78 is 19.0. The first-order valence-electron chi connectivity index (χ1n) is 7.37. The highest BCUT2D eigenvalue weighted by Crippen LogP contribution is 2.37. The van der Waals surface area contributed by atoms with Crippen LogP contribution in [0.15, 0.2) is 22.7 Å². The second-order valence-electron chi connectivity index (χ2n) is 6.23. The summed E-state index contributed by atoms with van der Waals surface area (Å²) in [5, 5.41) is 3.96. The van der Waals surface area contributed by atoms with E-state index in [0.29, 0.717) is 28.8 Å². The monoisotopic (exact) mass is 289 g/mol. The molecule has 0 amide bonds. The molecule has 1 aliphatic carbocycles. The van der Waals surface area contributed by atoms with Crippen molar-refractivity contribution < 1.29 is 8.91 Å². The van der Waals surface area contributed by atoms with E-state index < -0.39 is 5.54 Å². The third-order valence-electron chi connectivity index (χ3n) is 4.45. The molecule has 2 N–H and O–H groups in total. The lowest BCUT2D eigenvalue weighted by Crippen LogP contribution is -2.40. The molecule has 4 nitrogen and oxygen atoms in total. The number of benzene rings is 1. The van der Waals surface area contributed by atoms with Crippen LogP contribution in [0.1, 0.15) is 44.1 Å². The summed E-state index contributed by atoms with van der Waals surface area (Å²) in [4.78, 5) is 4.40. The maximum atomic E-state index is 13.6. The maximum absolute atomic E-state index is 13.6. The highest BCUT2D eigenvalue weighted by molar-refractivity contribution is 5.55. The van der Waals surface area contributed by atoms with Gasteiger partial charge >= 0.3 is 0 Å². The molecule has 0 saturated heterocycles. The molecular formula is C16H20FN3O. The third kappa shape index (κ3) is 2.70. The minimum absolute atomic E-state index is 0.271. The summed E-state index contributed by atoms with van der Waals surface area (Å²) in [6.45, 7) is 3.95. The standard InChI is InChI=1S/C16H20FN3O/c1-10-5-7-16(18,8-6-10)15-19-14(20-21-15)12-4-3-11(2)13(17)9-12/h3-4,9-10H,5-8,18H2,1-2H3. The molecule has 1 aromatic carbocycles. The number of halogens is 1. The van der Waals surface area contributed by atoms with Crippen molar-refractivity contribution in [2.24, 2.45) is 11.7 Å². The van der Waals surface area contributed by atoms with E-state index in [2.05, 4.69) is 17.1 Å². The molecule has 1 heterocycles. The fourth-order valence-corrected chi connectivity index (χ4v) is 2.77. The van der Waals surface area contributed by atoms with Gasteiger partial charge in [-0.1, -0.05) is 24.2 Å². The molecule has 0 spiro atoms. The summed E-state index contributed by atoms with van der Waals surface area (Å²) in [5.41, 5.74) is 7.09. The van der Waals surface area contributed by atoms with Gasteiger partial charge in [-0.3, -0.25) is 0 Å². The smallest absolute Gasteiger partial charge is 0.247 e. The zero-order valence-electron chi connectivity index (χ0n) is 12.4. The zero-order valence-corrected chi connectivity index (χ0v) is 12.4. The maximum Gasteiger partial charge on any atom is 0.247 e. The predicted octanol–water partition coefficient (Wildman–Crippen LogP) is 3.55. The van der Waals surface area contributed by atoms with Gasteiger partial charge in [0.2, 0.25) is 11.7 Å². The van der Waals surface area contributed by atoms with Crippen molar-refractivity contribution in [2.75, 3.05) is 0 Å². The Labute approximate surface area is 123 Å². The highest BCUT2D eigenvalue weighted by Gasteiger charge is 2.37. The second kappa shape index (κ2) is 5.22. The molecule has 1 aliphatic rings. The first-order valence-corrected chi connectivity index (χ1v) is 7.37. The molecule has 1 aromatic heterocycles. The van der Waals surface area contributed by atoms with Gasteiger partial charge in [-0.2, -0.15) is 4.98 Å². The Kier molecular flexibility index (Phi) is 3.53. The lowest BCUT2D eigenvalue weighted by atomic mass is 9.78. The van der Waals surface area contributed by atoms with Crippen molar-refractivity contribution >= 4 is 0 Å². The van der Waals surface area contributed by atoms with Crippen LogP contribution in [0, 0.1) is 18.7 Å². The molecule has 112 valence electrons. The zero-order chi connectivity index (χ0) is 15.0. The fraction of sp³-hybridized carbons (Fsp3) is 0.500. The number of nitrogens with two attached hydrogens (primary N) is 1. The predicted molar refractivity (Wildman–Crippen MR) is 77.9 cm³/mol. The number of aryl methyl sites for hydroxylation is 1. The quantitative estimate of drug-likeness (QED) is 0.918. The molecule has 21 heavy (non-hydrogen) atoms. The van der Waals surface area contributed by atoms with Crippen LogP contribution in [0.4, 0.5) is 4.39 Å². The molecule has 1 saturated carbocycles. The topological polar surface area (TPSA) is 64.9 Å². The summed E-state index contributed by atoms with van der Waals surface area (Å²) in [6.07, 6.45) is 3.82. The Bertz CT molecular complexity index is 645. The number of nitrogens with zero attached hydrogens (tertiary/aromatic N) is 2. The first kappa shape index (κ1) is 14.2. The van der Waals surface area contributed by atoms with Gasteiger partial charge in [-0.25, -0.2) is 4.39 Å². The van der Waals surface area contributed by atoms with Crippen molar-refractivity contribution in [1.82, 2.24) is 10.1 Å². The van der Waals surface area contributed by atoms with Crippen LogP contribution in [0.2, 0.25) is 0 Å². The summed E-state index contributed by atoms with van der Waals surface area (Å²) in [5.74, 6) is 1.28. The van der Waals surface area contributed by atoms with Crippen LogP contribution in [-0.4, -0.2) is 10.1 Å². The number of rotatable bonds is 2. The molecular weight excluding hydrogens is 269 g/mol. The molecule has 0 radical (unpaired) electrons. The second-order valence-corrected chi connectivity index (χ2v) is 6.23. The van der Waals surface area contributed by atoms with Gasteiger partial charge in [0.1, 0.15) is 5.82 Å². The van der Waals surface area contributed by atoms with E-state index in [-0.39, 0.29) is 5.82 Å². The summed E-state index contributed by atoms with van der Waals surface area (Å²) in [7, 11) is 0. The van der Waals surface area contributed by atoms with Crippen molar-refractivity contribution in [3.63, 3.8) is 0 Å². The Balaban J connectivity index is 1.87. The SMILES string of the molecule is Cc1ccc(-c2noc(C3(N)CCC(C)CC3)n2)cc1F. The number of hydrogen-bond donors (Lipinski definition) is 1. The van der Waals surface area contributed by atoms with Crippen molar-refractivity contribution in [3.05, 3.63) is 35.5 Å². The van der Waals surface area contributed by atoms with Crippen molar-refractivity contribution in [1.29, 1.82) is 0 Å². The number of hydrogen-bond acceptors (Lipinski definition) is 4. The lowest BCUT2D eigenvalue weighted by Gasteiger charge is -2.32. The van der Waals surface area contributed by atoms with Gasteiger partial charge in [0.05, 0.1) is 5.54 Å². The summed E-state index contributed by atoms with van der Waals surface area (Å²) in [6, 6.07) is 4.93. The minimum Gasteiger partial charge on any atom is -0.337 e. The number of aromatic nitrogens is 2. The van der Waals surface area contributed by atoms with Gasteiger partial charge in [0.15, 0.2) is 0 Å². The van der Waals surface area contributed by atoms with Crippen LogP contribution < -0.4 is 5.73 Å². The molecule has 0 unspecified atom stereocenters. The van der Waals surface area contributed by atoms with Gasteiger partial charge in [-0.05, 0) is 50.2 Å². The van der Waals surface area contributed by atoms with E-state index in [9.17, 15) is 4.39 Å². The molecule has 2 aromatic rings. The molecule has 1 fully saturated rings. The molecule has 5 heteroatoms. The first-order chi connectivity index (χ1) is 9.98. The van der Waals surface area contributed by atoms with Crippen LogP contribution in [0.3, 0.4) is 0 Å². The van der Waals surface area contributed by atoms with E-state index in [4.69, 9.17) is 10.3 Å².